The number of nitrogens with zero attached hydrogens (tertiary/aromatic N) is 3. The molecule has 0 saturated heterocycles. The molecule has 20 heavy (non-hydrogen) atoms. The van der Waals surface area contributed by atoms with E-state index in [1.807, 2.05) is 5.38 Å². The highest BCUT2D eigenvalue weighted by Crippen LogP contribution is 2.43. The van der Waals surface area contributed by atoms with E-state index in [2.05, 4.69) is 26.1 Å². The minimum atomic E-state index is 0.0252. The average Bonchev–Trinajstić information content (AvgIpc) is 2.91. The van der Waals surface area contributed by atoms with Gasteiger partial charge in [-0.15, -0.1) is 21.5 Å². The van der Waals surface area contributed by atoms with Crippen molar-refractivity contribution in [2.75, 3.05) is 0 Å². The molecule has 1 saturated carbocycles. The van der Waals surface area contributed by atoms with Gasteiger partial charge in [-0.3, -0.25) is 4.79 Å². The van der Waals surface area contributed by atoms with Gasteiger partial charge < -0.3 is 9.88 Å². The molecule has 0 aromatic carbocycles. The molecule has 2 aromatic heterocycles. The normalized spacial score (nSPS) is 17.2. The molecule has 2 aliphatic rings. The Bertz CT molecular complexity index is 656. The first-order valence-electron chi connectivity index (χ1n) is 7.09. The lowest BCUT2D eigenvalue weighted by molar-refractivity contribution is 0.0952. The number of fused-ring (bicyclic) bond motifs is 1. The zero-order valence-electron chi connectivity index (χ0n) is 11.1. The van der Waals surface area contributed by atoms with Crippen LogP contribution in [0.2, 0.25) is 0 Å². The molecule has 104 valence electrons. The lowest BCUT2D eigenvalue weighted by atomic mass is 10.1. The summed E-state index contributed by atoms with van der Waals surface area (Å²) in [5.74, 6) is 2.55. The van der Waals surface area contributed by atoms with Crippen molar-refractivity contribution in [3.05, 3.63) is 33.5 Å². The topological polar surface area (TPSA) is 59.8 Å². The number of thiophene rings is 1. The Morgan fingerprint density at radius 1 is 1.45 bits per heavy atom. The first-order chi connectivity index (χ1) is 9.83. The number of aryl methyl sites for hydroxylation is 1. The predicted octanol–water partition coefficient (Wildman–Crippen LogP) is 2.09. The van der Waals surface area contributed by atoms with E-state index in [0.717, 1.165) is 35.9 Å². The fraction of sp³-hybridized carbons (Fsp3) is 0.500. The Morgan fingerprint density at radius 3 is 3.20 bits per heavy atom. The second kappa shape index (κ2) is 4.70. The van der Waals surface area contributed by atoms with E-state index in [1.54, 1.807) is 0 Å². The Balaban J connectivity index is 1.46. The minimum Gasteiger partial charge on any atom is -0.344 e. The number of rotatable bonds is 4. The number of carbonyl (C=O) groups is 1. The number of nitrogens with one attached hydrogen (secondary N) is 1. The molecule has 4 rings (SSSR count). The van der Waals surface area contributed by atoms with Crippen LogP contribution in [-0.2, 0) is 19.5 Å². The summed E-state index contributed by atoms with van der Waals surface area (Å²) >= 11 is 1.53. The fourth-order valence-corrected chi connectivity index (χ4v) is 3.70. The maximum atomic E-state index is 12.3. The van der Waals surface area contributed by atoms with Crippen LogP contribution in [0.3, 0.4) is 0 Å². The molecule has 0 spiro atoms. The van der Waals surface area contributed by atoms with Gasteiger partial charge in [0.1, 0.15) is 5.82 Å². The zero-order valence-corrected chi connectivity index (χ0v) is 11.9. The van der Waals surface area contributed by atoms with E-state index in [1.165, 1.54) is 29.7 Å². The third kappa shape index (κ3) is 2.04. The van der Waals surface area contributed by atoms with Crippen molar-refractivity contribution in [1.29, 1.82) is 0 Å². The molecule has 6 heteroatoms. The van der Waals surface area contributed by atoms with Crippen LogP contribution < -0.4 is 5.32 Å². The Morgan fingerprint density at radius 2 is 2.35 bits per heavy atom. The second-order valence-corrected chi connectivity index (χ2v) is 6.37. The Kier molecular flexibility index (Phi) is 2.84. The number of amides is 1. The molecule has 0 bridgehead atoms. The molecular formula is C14H16N4OS. The average molecular weight is 288 g/mol. The molecule has 1 fully saturated rings. The highest BCUT2D eigenvalue weighted by molar-refractivity contribution is 7.12. The molecule has 1 amide bonds. The van der Waals surface area contributed by atoms with E-state index in [0.29, 0.717) is 12.5 Å². The van der Waals surface area contributed by atoms with Crippen LogP contribution >= 0.6 is 11.3 Å². The van der Waals surface area contributed by atoms with E-state index in [-0.39, 0.29) is 5.91 Å². The third-order valence-electron chi connectivity index (χ3n) is 4.01. The maximum absolute atomic E-state index is 12.3. The van der Waals surface area contributed by atoms with Crippen LogP contribution in [0.5, 0.6) is 0 Å². The molecule has 1 N–H and O–H groups in total. The van der Waals surface area contributed by atoms with Crippen molar-refractivity contribution in [1.82, 2.24) is 20.1 Å². The van der Waals surface area contributed by atoms with Gasteiger partial charge in [0, 0.05) is 13.0 Å². The summed E-state index contributed by atoms with van der Waals surface area (Å²) < 4.78 is 2.12. The molecule has 1 aliphatic carbocycles. The molecule has 3 heterocycles. The van der Waals surface area contributed by atoms with Crippen LogP contribution in [0.25, 0.3) is 0 Å². The smallest absolute Gasteiger partial charge is 0.262 e. The highest BCUT2D eigenvalue weighted by Gasteiger charge is 2.29. The quantitative estimate of drug-likeness (QED) is 0.937. The SMILES string of the molecule is O=C(NCc1nnc2n1CCC2)c1sccc1C1CC1. The van der Waals surface area contributed by atoms with Gasteiger partial charge in [-0.05, 0) is 42.2 Å². The molecular weight excluding hydrogens is 272 g/mol. The Hall–Kier alpha value is -1.69. The van der Waals surface area contributed by atoms with Crippen molar-refractivity contribution < 1.29 is 4.79 Å². The summed E-state index contributed by atoms with van der Waals surface area (Å²) in [7, 11) is 0. The van der Waals surface area contributed by atoms with Gasteiger partial charge >= 0.3 is 0 Å². The van der Waals surface area contributed by atoms with Crippen molar-refractivity contribution in [3.8, 4) is 0 Å². The number of carbonyl (C=O) groups excluding carboxylic acids is 1. The second-order valence-electron chi connectivity index (χ2n) is 5.45. The van der Waals surface area contributed by atoms with Crippen LogP contribution in [0.4, 0.5) is 0 Å². The van der Waals surface area contributed by atoms with Gasteiger partial charge in [-0.2, -0.15) is 0 Å². The van der Waals surface area contributed by atoms with Gasteiger partial charge in [0.25, 0.3) is 5.91 Å². The fourth-order valence-electron chi connectivity index (χ4n) is 2.80. The van der Waals surface area contributed by atoms with Crippen LogP contribution in [0.1, 0.15) is 52.1 Å². The van der Waals surface area contributed by atoms with Crippen molar-refractivity contribution >= 4 is 17.2 Å². The summed E-state index contributed by atoms with van der Waals surface area (Å²) in [4.78, 5) is 13.2. The largest absolute Gasteiger partial charge is 0.344 e. The van der Waals surface area contributed by atoms with Gasteiger partial charge in [-0.1, -0.05) is 0 Å². The minimum absolute atomic E-state index is 0.0252. The molecule has 0 atom stereocenters. The van der Waals surface area contributed by atoms with Crippen LogP contribution in [0, 0.1) is 0 Å². The standard InChI is InChI=1S/C14H16N4OS/c19-14(13-10(5-7-20-13)9-3-4-9)15-8-12-17-16-11-2-1-6-18(11)12/h5,7,9H,1-4,6,8H2,(H,15,19). The summed E-state index contributed by atoms with van der Waals surface area (Å²) in [6, 6.07) is 2.09. The maximum Gasteiger partial charge on any atom is 0.262 e. The van der Waals surface area contributed by atoms with Gasteiger partial charge in [0.15, 0.2) is 5.82 Å². The third-order valence-corrected chi connectivity index (χ3v) is 4.94. The highest BCUT2D eigenvalue weighted by atomic mass is 32.1. The van der Waals surface area contributed by atoms with Gasteiger partial charge in [0.2, 0.25) is 0 Å². The monoisotopic (exact) mass is 288 g/mol. The van der Waals surface area contributed by atoms with E-state index in [9.17, 15) is 4.79 Å². The van der Waals surface area contributed by atoms with Gasteiger partial charge in [-0.25, -0.2) is 0 Å². The van der Waals surface area contributed by atoms with E-state index >= 15 is 0 Å². The molecule has 1 aliphatic heterocycles. The van der Waals surface area contributed by atoms with Crippen molar-refractivity contribution in [2.24, 2.45) is 0 Å². The number of hydrogen-bond donors (Lipinski definition) is 1. The summed E-state index contributed by atoms with van der Waals surface area (Å²) in [5, 5.41) is 13.3. The molecule has 0 radical (unpaired) electrons. The van der Waals surface area contributed by atoms with Crippen molar-refractivity contribution in [2.45, 2.75) is 44.7 Å². The van der Waals surface area contributed by atoms with Crippen LogP contribution in [-0.4, -0.2) is 20.7 Å². The van der Waals surface area contributed by atoms with E-state index < -0.39 is 0 Å². The predicted molar refractivity (Wildman–Crippen MR) is 75.8 cm³/mol. The summed E-state index contributed by atoms with van der Waals surface area (Å²) in [5.41, 5.74) is 1.22. The Labute approximate surface area is 121 Å². The molecule has 2 aromatic rings. The van der Waals surface area contributed by atoms with Crippen LogP contribution in [0.15, 0.2) is 11.4 Å². The summed E-state index contributed by atoms with van der Waals surface area (Å²) in [6.45, 7) is 1.44. The number of aromatic nitrogens is 3. The summed E-state index contributed by atoms with van der Waals surface area (Å²) in [6.07, 6.45) is 4.56. The lowest BCUT2D eigenvalue weighted by Crippen LogP contribution is -2.24. The lowest BCUT2D eigenvalue weighted by Gasteiger charge is -2.06. The molecule has 0 unspecified atom stereocenters. The first kappa shape index (κ1) is 12.1. The van der Waals surface area contributed by atoms with E-state index in [4.69, 9.17) is 0 Å². The van der Waals surface area contributed by atoms with Gasteiger partial charge in [0.05, 0.1) is 11.4 Å². The molecule has 5 nitrogen and oxygen atoms in total. The zero-order chi connectivity index (χ0) is 13.5. The first-order valence-corrected chi connectivity index (χ1v) is 7.97. The number of hydrogen-bond acceptors (Lipinski definition) is 4. The van der Waals surface area contributed by atoms with Crippen molar-refractivity contribution in [3.63, 3.8) is 0 Å².